The van der Waals surface area contributed by atoms with E-state index in [1.54, 1.807) is 5.38 Å². The number of hydrogen-bond donors (Lipinski definition) is 0. The SMILES string of the molecule is O=C=NS(=O)(=O)c1ccsc1C1=NOCCS1. The maximum absolute atomic E-state index is 11.6. The normalized spacial score (nSPS) is 15.6. The lowest BCUT2D eigenvalue weighted by atomic mass is 10.5. The number of nitrogens with zero attached hydrogens (tertiary/aromatic N) is 2. The summed E-state index contributed by atoms with van der Waals surface area (Å²) in [7, 11) is -3.98. The molecule has 0 radical (unpaired) electrons. The molecule has 0 fully saturated rings. The van der Waals surface area contributed by atoms with Crippen LogP contribution in [-0.2, 0) is 19.7 Å². The third-order valence-corrected chi connectivity index (χ3v) is 5.13. The minimum absolute atomic E-state index is 0.0393. The minimum Gasteiger partial charge on any atom is -0.394 e. The third kappa shape index (κ3) is 2.58. The van der Waals surface area contributed by atoms with Crippen molar-refractivity contribution in [3.63, 3.8) is 0 Å². The van der Waals surface area contributed by atoms with Crippen LogP contribution in [0.2, 0.25) is 0 Å². The molecule has 0 saturated carbocycles. The molecule has 0 spiro atoms. The maximum atomic E-state index is 11.6. The van der Waals surface area contributed by atoms with Crippen molar-refractivity contribution in [1.29, 1.82) is 0 Å². The Kier molecular flexibility index (Phi) is 3.63. The van der Waals surface area contributed by atoms with E-state index in [1.807, 2.05) is 0 Å². The molecule has 0 aliphatic carbocycles. The Hall–Kier alpha value is -1.15. The van der Waals surface area contributed by atoms with Crippen molar-refractivity contribution in [3.8, 4) is 0 Å². The van der Waals surface area contributed by atoms with Crippen molar-refractivity contribution in [3.05, 3.63) is 16.3 Å². The summed E-state index contributed by atoms with van der Waals surface area (Å²) in [5.41, 5.74) is 0. The average Bonchev–Trinajstić information content (AvgIpc) is 2.79. The van der Waals surface area contributed by atoms with Gasteiger partial charge in [-0.1, -0.05) is 21.3 Å². The molecule has 0 N–H and O–H groups in total. The molecule has 1 aromatic heterocycles. The van der Waals surface area contributed by atoms with Gasteiger partial charge in [-0.15, -0.1) is 11.3 Å². The molecule has 0 aromatic carbocycles. The average molecular weight is 290 g/mol. The number of carbonyl (C=O) groups excluding carboxylic acids is 1. The number of thioether (sulfide) groups is 1. The largest absolute Gasteiger partial charge is 0.394 e. The number of thiophene rings is 1. The minimum atomic E-state index is -3.98. The van der Waals surface area contributed by atoms with Gasteiger partial charge in [-0.3, -0.25) is 0 Å². The molecule has 90 valence electrons. The van der Waals surface area contributed by atoms with Gasteiger partial charge in [-0.25, -0.2) is 4.79 Å². The van der Waals surface area contributed by atoms with Crippen molar-refractivity contribution in [1.82, 2.24) is 0 Å². The molecular weight excluding hydrogens is 284 g/mol. The van der Waals surface area contributed by atoms with E-state index in [1.165, 1.54) is 29.2 Å². The Morgan fingerprint density at radius 1 is 1.53 bits per heavy atom. The van der Waals surface area contributed by atoms with E-state index in [0.717, 1.165) is 6.08 Å². The smallest absolute Gasteiger partial charge is 0.294 e. The molecule has 2 heterocycles. The first-order valence-electron chi connectivity index (χ1n) is 4.40. The van der Waals surface area contributed by atoms with Crippen LogP contribution in [0.25, 0.3) is 0 Å². The monoisotopic (exact) mass is 290 g/mol. The first-order chi connectivity index (χ1) is 8.15. The highest BCUT2D eigenvalue weighted by molar-refractivity contribution is 8.14. The van der Waals surface area contributed by atoms with Crippen LogP contribution >= 0.6 is 23.1 Å². The molecule has 0 saturated heterocycles. The van der Waals surface area contributed by atoms with E-state index in [-0.39, 0.29) is 4.90 Å². The lowest BCUT2D eigenvalue weighted by Gasteiger charge is -2.10. The molecule has 0 atom stereocenters. The van der Waals surface area contributed by atoms with E-state index in [2.05, 4.69) is 9.55 Å². The molecule has 1 aliphatic heterocycles. The molecule has 0 bridgehead atoms. The second-order valence-electron chi connectivity index (χ2n) is 2.85. The number of isocyanates is 1. The molecule has 6 nitrogen and oxygen atoms in total. The summed E-state index contributed by atoms with van der Waals surface area (Å²) in [5.74, 6) is 0.702. The number of oxime groups is 1. The Morgan fingerprint density at radius 3 is 3.00 bits per heavy atom. The van der Waals surface area contributed by atoms with Gasteiger partial charge >= 0.3 is 0 Å². The van der Waals surface area contributed by atoms with Crippen LogP contribution < -0.4 is 0 Å². The van der Waals surface area contributed by atoms with E-state index < -0.39 is 10.0 Å². The molecule has 1 aromatic rings. The zero-order valence-electron chi connectivity index (χ0n) is 8.32. The Morgan fingerprint density at radius 2 is 2.35 bits per heavy atom. The number of rotatable bonds is 3. The summed E-state index contributed by atoms with van der Waals surface area (Å²) < 4.78 is 26.1. The van der Waals surface area contributed by atoms with Gasteiger partial charge in [0.05, 0.1) is 4.88 Å². The van der Waals surface area contributed by atoms with E-state index in [0.29, 0.717) is 22.3 Å². The molecule has 9 heteroatoms. The predicted octanol–water partition coefficient (Wildman–Crippen LogP) is 1.20. The van der Waals surface area contributed by atoms with Crippen molar-refractivity contribution in [2.45, 2.75) is 4.90 Å². The van der Waals surface area contributed by atoms with Crippen LogP contribution in [0.15, 0.2) is 25.9 Å². The topological polar surface area (TPSA) is 85.2 Å². The molecule has 1 aliphatic rings. The van der Waals surface area contributed by atoms with Crippen LogP contribution in [-0.4, -0.2) is 31.9 Å². The van der Waals surface area contributed by atoms with Gasteiger partial charge in [-0.2, -0.15) is 8.42 Å². The van der Waals surface area contributed by atoms with E-state index in [4.69, 9.17) is 4.84 Å². The number of hydrogen-bond acceptors (Lipinski definition) is 7. The lowest BCUT2D eigenvalue weighted by Crippen LogP contribution is -2.09. The predicted molar refractivity (Wildman–Crippen MR) is 64.6 cm³/mol. The first kappa shape index (κ1) is 12.3. The van der Waals surface area contributed by atoms with Gasteiger partial charge in [-0.05, 0) is 11.4 Å². The highest BCUT2D eigenvalue weighted by Gasteiger charge is 2.24. The fourth-order valence-electron chi connectivity index (χ4n) is 1.17. The second-order valence-corrected chi connectivity index (χ2v) is 6.42. The van der Waals surface area contributed by atoms with E-state index >= 15 is 0 Å². The highest BCUT2D eigenvalue weighted by atomic mass is 32.2. The highest BCUT2D eigenvalue weighted by Crippen LogP contribution is 2.29. The standard InChI is InChI=1S/C8H6N2O4S3/c11-5-9-17(12,13)6-1-3-15-7(6)8-10-14-2-4-16-8/h1,3H,2,4H2. The van der Waals surface area contributed by atoms with Gasteiger partial charge in [0.2, 0.25) is 0 Å². The summed E-state index contributed by atoms with van der Waals surface area (Å²) in [6.07, 6.45) is 1.04. The third-order valence-electron chi connectivity index (χ3n) is 1.82. The van der Waals surface area contributed by atoms with Crippen LogP contribution in [0.3, 0.4) is 0 Å². The van der Waals surface area contributed by atoms with Crippen LogP contribution in [0.1, 0.15) is 4.88 Å². The molecule has 2 rings (SSSR count). The van der Waals surface area contributed by atoms with Gasteiger partial charge in [0.15, 0.2) is 5.04 Å². The Labute approximate surface area is 105 Å². The molecule has 0 unspecified atom stereocenters. The zero-order chi connectivity index (χ0) is 12.3. The summed E-state index contributed by atoms with van der Waals surface area (Å²) in [6, 6.07) is 1.38. The van der Waals surface area contributed by atoms with Crippen LogP contribution in [0.5, 0.6) is 0 Å². The zero-order valence-corrected chi connectivity index (χ0v) is 10.8. The van der Waals surface area contributed by atoms with Crippen molar-refractivity contribution < 1.29 is 18.0 Å². The number of sulfonamides is 1. The van der Waals surface area contributed by atoms with Gasteiger partial charge in [0.1, 0.15) is 11.5 Å². The van der Waals surface area contributed by atoms with Gasteiger partial charge in [0, 0.05) is 5.75 Å². The Balaban J connectivity index is 2.48. The summed E-state index contributed by atoms with van der Waals surface area (Å²) in [6.45, 7) is 0.494. The van der Waals surface area contributed by atoms with E-state index in [9.17, 15) is 13.2 Å². The quantitative estimate of drug-likeness (QED) is 0.616. The molecule has 0 amide bonds. The lowest BCUT2D eigenvalue weighted by molar-refractivity contribution is 0.160. The van der Waals surface area contributed by atoms with Crippen LogP contribution in [0, 0.1) is 0 Å². The fourth-order valence-corrected chi connectivity index (χ4v) is 4.23. The Bertz CT molecular complexity index is 598. The summed E-state index contributed by atoms with van der Waals surface area (Å²) in [5, 5.41) is 5.88. The van der Waals surface area contributed by atoms with Gasteiger partial charge < -0.3 is 4.84 Å². The maximum Gasteiger partial charge on any atom is 0.294 e. The molecular formula is C8H6N2O4S3. The first-order valence-corrected chi connectivity index (χ1v) is 7.70. The second kappa shape index (κ2) is 5.01. The van der Waals surface area contributed by atoms with Crippen molar-refractivity contribution in [2.75, 3.05) is 12.4 Å². The van der Waals surface area contributed by atoms with Crippen LogP contribution in [0.4, 0.5) is 0 Å². The van der Waals surface area contributed by atoms with Gasteiger partial charge in [0.25, 0.3) is 16.1 Å². The van der Waals surface area contributed by atoms with Crippen molar-refractivity contribution in [2.24, 2.45) is 9.55 Å². The fraction of sp³-hybridized carbons (Fsp3) is 0.250. The summed E-state index contributed by atoms with van der Waals surface area (Å²) in [4.78, 5) is 15.4. The van der Waals surface area contributed by atoms with Crippen molar-refractivity contribution >= 4 is 44.2 Å². The summed E-state index contributed by atoms with van der Waals surface area (Å²) >= 11 is 2.61. The molecule has 17 heavy (non-hydrogen) atoms.